The molecule has 134 valence electrons. The Kier molecular flexibility index (Phi) is 5.82. The van der Waals surface area contributed by atoms with Crippen molar-refractivity contribution >= 4 is 6.09 Å². The molecule has 0 saturated heterocycles. The molecule has 7 nitrogen and oxygen atoms in total. The van der Waals surface area contributed by atoms with E-state index in [1.54, 1.807) is 7.11 Å². The van der Waals surface area contributed by atoms with Gasteiger partial charge in [0, 0.05) is 18.5 Å². The van der Waals surface area contributed by atoms with Crippen LogP contribution in [0.3, 0.4) is 0 Å². The molecule has 0 unspecified atom stereocenters. The van der Waals surface area contributed by atoms with E-state index >= 15 is 0 Å². The largest absolute Gasteiger partial charge is 0.497 e. The van der Waals surface area contributed by atoms with Crippen molar-refractivity contribution < 1.29 is 18.8 Å². The normalized spacial score (nSPS) is 10.3. The van der Waals surface area contributed by atoms with Crippen molar-refractivity contribution in [1.29, 1.82) is 0 Å². The third kappa shape index (κ3) is 4.83. The highest BCUT2D eigenvalue weighted by Gasteiger charge is 2.09. The number of hydrogen-bond donors (Lipinski definition) is 1. The van der Waals surface area contributed by atoms with Crippen LogP contribution in [0.4, 0.5) is 4.79 Å². The Balaban J connectivity index is 1.43. The van der Waals surface area contributed by atoms with Gasteiger partial charge in [0.05, 0.1) is 7.11 Å². The van der Waals surface area contributed by atoms with E-state index in [9.17, 15) is 4.79 Å². The zero-order valence-corrected chi connectivity index (χ0v) is 14.3. The summed E-state index contributed by atoms with van der Waals surface area (Å²) in [5, 5.41) is 6.60. The molecule has 7 heteroatoms. The van der Waals surface area contributed by atoms with Crippen LogP contribution >= 0.6 is 0 Å². The van der Waals surface area contributed by atoms with Gasteiger partial charge in [0.1, 0.15) is 12.4 Å². The zero-order chi connectivity index (χ0) is 18.2. The van der Waals surface area contributed by atoms with Crippen LogP contribution in [0.25, 0.3) is 11.4 Å². The number of methoxy groups -OCH3 is 1. The second-order valence-electron chi connectivity index (χ2n) is 5.48. The van der Waals surface area contributed by atoms with Crippen molar-refractivity contribution in [2.45, 2.75) is 13.0 Å². The molecule has 3 rings (SSSR count). The first kappa shape index (κ1) is 17.5. The summed E-state index contributed by atoms with van der Waals surface area (Å²) in [5.41, 5.74) is 1.76. The van der Waals surface area contributed by atoms with Crippen LogP contribution in [0.2, 0.25) is 0 Å². The molecule has 0 aliphatic rings. The van der Waals surface area contributed by atoms with E-state index in [1.165, 1.54) is 0 Å². The SMILES string of the molecule is COc1ccc(-c2noc(CCNC(=O)OCc3ccccc3)n2)cc1. The first-order valence-electron chi connectivity index (χ1n) is 8.16. The van der Waals surface area contributed by atoms with Gasteiger partial charge in [-0.15, -0.1) is 0 Å². The molecule has 0 spiro atoms. The van der Waals surface area contributed by atoms with Gasteiger partial charge >= 0.3 is 6.09 Å². The topological polar surface area (TPSA) is 86.5 Å². The second kappa shape index (κ2) is 8.66. The summed E-state index contributed by atoms with van der Waals surface area (Å²) in [7, 11) is 1.61. The fourth-order valence-electron chi connectivity index (χ4n) is 2.26. The summed E-state index contributed by atoms with van der Waals surface area (Å²) in [6, 6.07) is 16.9. The number of alkyl carbamates (subject to hydrolysis) is 1. The van der Waals surface area contributed by atoms with Crippen molar-refractivity contribution in [3.05, 3.63) is 66.1 Å². The second-order valence-corrected chi connectivity index (χ2v) is 5.48. The lowest BCUT2D eigenvalue weighted by Gasteiger charge is -2.05. The van der Waals surface area contributed by atoms with Gasteiger partial charge in [-0.3, -0.25) is 0 Å². The van der Waals surface area contributed by atoms with E-state index < -0.39 is 6.09 Å². The molecule has 0 aliphatic heterocycles. The molecule has 1 heterocycles. The minimum atomic E-state index is -0.483. The van der Waals surface area contributed by atoms with Crippen molar-refractivity contribution in [2.75, 3.05) is 13.7 Å². The Morgan fingerprint density at radius 3 is 2.62 bits per heavy atom. The Morgan fingerprint density at radius 2 is 1.88 bits per heavy atom. The molecule has 1 aromatic heterocycles. The molecule has 0 saturated carbocycles. The molecule has 2 aromatic carbocycles. The lowest BCUT2D eigenvalue weighted by atomic mass is 10.2. The Labute approximate surface area is 150 Å². The highest BCUT2D eigenvalue weighted by molar-refractivity contribution is 5.67. The highest BCUT2D eigenvalue weighted by atomic mass is 16.5. The molecule has 1 N–H and O–H groups in total. The maximum absolute atomic E-state index is 11.7. The first-order valence-corrected chi connectivity index (χ1v) is 8.16. The van der Waals surface area contributed by atoms with Gasteiger partial charge in [-0.25, -0.2) is 4.79 Å². The van der Waals surface area contributed by atoms with Crippen LogP contribution in [-0.4, -0.2) is 29.9 Å². The highest BCUT2D eigenvalue weighted by Crippen LogP contribution is 2.19. The van der Waals surface area contributed by atoms with Crippen molar-refractivity contribution in [2.24, 2.45) is 0 Å². The van der Waals surface area contributed by atoms with Gasteiger partial charge in [0.15, 0.2) is 0 Å². The van der Waals surface area contributed by atoms with Crippen LogP contribution in [-0.2, 0) is 17.8 Å². The Bertz CT molecular complexity index is 832. The number of nitrogens with zero attached hydrogens (tertiary/aromatic N) is 2. The lowest BCUT2D eigenvalue weighted by Crippen LogP contribution is -2.26. The number of aromatic nitrogens is 2. The third-order valence-corrected chi connectivity index (χ3v) is 3.64. The van der Waals surface area contributed by atoms with E-state index in [0.717, 1.165) is 16.9 Å². The van der Waals surface area contributed by atoms with E-state index in [-0.39, 0.29) is 6.61 Å². The van der Waals surface area contributed by atoms with Gasteiger partial charge < -0.3 is 19.3 Å². The zero-order valence-electron chi connectivity index (χ0n) is 14.3. The van der Waals surface area contributed by atoms with Crippen LogP contribution in [0.5, 0.6) is 5.75 Å². The molecule has 0 bridgehead atoms. The van der Waals surface area contributed by atoms with Crippen LogP contribution in [0, 0.1) is 0 Å². The molecule has 0 radical (unpaired) electrons. The van der Waals surface area contributed by atoms with Gasteiger partial charge in [-0.1, -0.05) is 35.5 Å². The van der Waals surface area contributed by atoms with Crippen LogP contribution in [0.1, 0.15) is 11.5 Å². The number of carbonyl (C=O) groups excluding carboxylic acids is 1. The molecular formula is C19H19N3O4. The smallest absolute Gasteiger partial charge is 0.407 e. The standard InChI is InChI=1S/C19H19N3O4/c1-24-16-9-7-15(8-10-16)18-21-17(26-22-18)11-12-20-19(23)25-13-14-5-3-2-4-6-14/h2-10H,11-13H2,1H3,(H,20,23). The molecule has 0 aliphatic carbocycles. The molecule has 0 atom stereocenters. The van der Waals surface area contributed by atoms with E-state index in [0.29, 0.717) is 24.7 Å². The van der Waals surface area contributed by atoms with Crippen molar-refractivity contribution in [3.8, 4) is 17.1 Å². The predicted molar refractivity (Wildman–Crippen MR) is 94.6 cm³/mol. The number of hydrogen-bond acceptors (Lipinski definition) is 6. The van der Waals surface area contributed by atoms with Crippen LogP contribution < -0.4 is 10.1 Å². The van der Waals surface area contributed by atoms with E-state index in [1.807, 2.05) is 54.6 Å². The molecule has 0 fully saturated rings. The van der Waals surface area contributed by atoms with E-state index in [2.05, 4.69) is 15.5 Å². The number of ether oxygens (including phenoxy) is 2. The predicted octanol–water partition coefficient (Wildman–Crippen LogP) is 3.21. The Morgan fingerprint density at radius 1 is 1.12 bits per heavy atom. The summed E-state index contributed by atoms with van der Waals surface area (Å²) >= 11 is 0. The maximum Gasteiger partial charge on any atom is 0.407 e. The number of nitrogens with one attached hydrogen (secondary N) is 1. The summed E-state index contributed by atoms with van der Waals surface area (Å²) in [6.07, 6.45) is -0.0624. The first-order chi connectivity index (χ1) is 12.7. The number of carbonyl (C=O) groups is 1. The van der Waals surface area contributed by atoms with E-state index in [4.69, 9.17) is 14.0 Å². The number of amides is 1. The monoisotopic (exact) mass is 353 g/mol. The molecule has 1 amide bonds. The van der Waals surface area contributed by atoms with Crippen LogP contribution in [0.15, 0.2) is 59.1 Å². The number of benzene rings is 2. The fourth-order valence-corrected chi connectivity index (χ4v) is 2.26. The van der Waals surface area contributed by atoms with Gasteiger partial charge in [-0.05, 0) is 29.8 Å². The van der Waals surface area contributed by atoms with Gasteiger partial charge in [-0.2, -0.15) is 4.98 Å². The molecule has 3 aromatic rings. The minimum Gasteiger partial charge on any atom is -0.497 e. The van der Waals surface area contributed by atoms with Crippen molar-refractivity contribution in [1.82, 2.24) is 15.5 Å². The summed E-state index contributed by atoms with van der Waals surface area (Å²) in [4.78, 5) is 16.0. The third-order valence-electron chi connectivity index (χ3n) is 3.64. The summed E-state index contributed by atoms with van der Waals surface area (Å²) in [6.45, 7) is 0.576. The minimum absolute atomic E-state index is 0.231. The van der Waals surface area contributed by atoms with Gasteiger partial charge in [0.25, 0.3) is 0 Å². The lowest BCUT2D eigenvalue weighted by molar-refractivity contribution is 0.139. The number of rotatable bonds is 7. The summed E-state index contributed by atoms with van der Waals surface area (Å²) < 4.78 is 15.5. The fraction of sp³-hybridized carbons (Fsp3) is 0.211. The van der Waals surface area contributed by atoms with Gasteiger partial charge in [0.2, 0.25) is 11.7 Å². The molecular weight excluding hydrogens is 334 g/mol. The molecule has 26 heavy (non-hydrogen) atoms. The quantitative estimate of drug-likeness (QED) is 0.702. The average molecular weight is 353 g/mol. The maximum atomic E-state index is 11.7. The average Bonchev–Trinajstić information content (AvgIpc) is 3.16. The Hall–Kier alpha value is -3.35. The summed E-state index contributed by atoms with van der Waals surface area (Å²) in [5.74, 6) is 1.70. The van der Waals surface area contributed by atoms with Crippen molar-refractivity contribution in [3.63, 3.8) is 0 Å².